The molecule has 0 radical (unpaired) electrons. The van der Waals surface area contributed by atoms with Gasteiger partial charge < -0.3 is 20.4 Å². The summed E-state index contributed by atoms with van der Waals surface area (Å²) in [5, 5.41) is 31.0. The van der Waals surface area contributed by atoms with Gasteiger partial charge in [-0.2, -0.15) is 5.26 Å². The van der Waals surface area contributed by atoms with Gasteiger partial charge in [-0.1, -0.05) is 6.07 Å². The zero-order chi connectivity index (χ0) is 17.3. The van der Waals surface area contributed by atoms with Crippen LogP contribution in [0.3, 0.4) is 0 Å². The molecule has 2 aliphatic rings. The summed E-state index contributed by atoms with van der Waals surface area (Å²) in [6.07, 6.45) is 2.12. The van der Waals surface area contributed by atoms with Gasteiger partial charge in [0, 0.05) is 13.1 Å². The van der Waals surface area contributed by atoms with Gasteiger partial charge in [-0.3, -0.25) is 4.79 Å². The molecule has 7 nitrogen and oxygen atoms in total. The van der Waals surface area contributed by atoms with Gasteiger partial charge in [0.15, 0.2) is 0 Å². The van der Waals surface area contributed by atoms with E-state index in [-0.39, 0.29) is 35.2 Å². The fourth-order valence-corrected chi connectivity index (χ4v) is 3.52. The molecule has 1 amide bonds. The molecule has 0 saturated carbocycles. The molecule has 2 fully saturated rings. The number of carboxylic acid groups (broad SMARTS) is 1. The molecule has 2 saturated heterocycles. The minimum absolute atomic E-state index is 0.000730. The van der Waals surface area contributed by atoms with Crippen LogP contribution in [0.1, 0.15) is 41.1 Å². The van der Waals surface area contributed by atoms with Crippen LogP contribution in [0.2, 0.25) is 0 Å². The molecule has 24 heavy (non-hydrogen) atoms. The Hall–Kier alpha value is -2.59. The Balaban J connectivity index is 1.72. The van der Waals surface area contributed by atoms with E-state index >= 15 is 0 Å². The predicted octanol–water partition coefficient (Wildman–Crippen LogP) is 1.05. The molecule has 7 heteroatoms. The maximum absolute atomic E-state index is 12.6. The third kappa shape index (κ3) is 2.93. The van der Waals surface area contributed by atoms with Crippen molar-refractivity contribution in [2.75, 3.05) is 13.1 Å². The summed E-state index contributed by atoms with van der Waals surface area (Å²) in [6.45, 7) is 1.17. The van der Waals surface area contributed by atoms with Gasteiger partial charge in [-0.05, 0) is 42.9 Å². The van der Waals surface area contributed by atoms with E-state index in [0.29, 0.717) is 19.5 Å². The van der Waals surface area contributed by atoms with Crippen molar-refractivity contribution in [3.8, 4) is 11.8 Å². The normalized spacial score (nSPS) is 26.3. The van der Waals surface area contributed by atoms with Crippen molar-refractivity contribution < 1.29 is 19.8 Å². The summed E-state index contributed by atoms with van der Waals surface area (Å²) in [4.78, 5) is 25.4. The Bertz CT molecular complexity index is 712. The van der Waals surface area contributed by atoms with Crippen LogP contribution in [0.15, 0.2) is 18.2 Å². The molecule has 0 aliphatic carbocycles. The number of likely N-dealkylation sites (tertiary alicyclic amines) is 1. The summed E-state index contributed by atoms with van der Waals surface area (Å²) < 4.78 is 0. The fourth-order valence-electron chi connectivity index (χ4n) is 3.52. The molecule has 126 valence electrons. The number of aromatic carboxylic acids is 1. The van der Waals surface area contributed by atoms with Gasteiger partial charge >= 0.3 is 5.97 Å². The van der Waals surface area contributed by atoms with Gasteiger partial charge in [0.05, 0.1) is 12.1 Å². The number of hydrogen-bond acceptors (Lipinski definition) is 5. The maximum atomic E-state index is 12.6. The first-order valence-electron chi connectivity index (χ1n) is 8.01. The molecule has 1 aromatic rings. The number of aromatic hydroxyl groups is 1. The van der Waals surface area contributed by atoms with Crippen molar-refractivity contribution in [2.45, 2.75) is 37.3 Å². The van der Waals surface area contributed by atoms with Gasteiger partial charge in [-0.25, -0.2) is 4.79 Å². The van der Waals surface area contributed by atoms with E-state index in [0.717, 1.165) is 18.4 Å². The van der Waals surface area contributed by atoms with Crippen molar-refractivity contribution in [3.05, 3.63) is 29.3 Å². The zero-order valence-electron chi connectivity index (χ0n) is 13.1. The van der Waals surface area contributed by atoms with Gasteiger partial charge in [-0.15, -0.1) is 0 Å². The number of carbonyl (C=O) groups is 2. The fraction of sp³-hybridized carbons (Fsp3) is 0.471. The first-order chi connectivity index (χ1) is 11.5. The van der Waals surface area contributed by atoms with E-state index in [1.54, 1.807) is 11.0 Å². The molecule has 1 aromatic carbocycles. The van der Waals surface area contributed by atoms with E-state index in [2.05, 4.69) is 11.4 Å². The minimum atomic E-state index is -1.18. The van der Waals surface area contributed by atoms with Gasteiger partial charge in [0.25, 0.3) is 0 Å². The Kier molecular flexibility index (Phi) is 4.40. The number of amides is 1. The van der Waals surface area contributed by atoms with Crippen LogP contribution in [-0.2, 0) is 4.79 Å². The standard InChI is InChI=1S/C17H19N3O4/c18-8-12-2-1-5-20(12)16(22)14-7-11(9-19-14)10-3-4-15(21)13(6-10)17(23)24/h3-4,6,11-12,14,19,21H,1-2,5,7,9H2,(H,23,24)/t11-,12-,14-/m0/s1. The summed E-state index contributed by atoms with van der Waals surface area (Å²) >= 11 is 0. The second kappa shape index (κ2) is 6.49. The van der Waals surface area contributed by atoms with E-state index in [1.807, 2.05) is 0 Å². The summed E-state index contributed by atoms with van der Waals surface area (Å²) in [5.74, 6) is -1.50. The topological polar surface area (TPSA) is 114 Å². The third-order valence-corrected chi connectivity index (χ3v) is 4.84. The van der Waals surface area contributed by atoms with Crippen molar-refractivity contribution in [1.82, 2.24) is 10.2 Å². The smallest absolute Gasteiger partial charge is 0.339 e. The number of rotatable bonds is 3. The van der Waals surface area contributed by atoms with E-state index in [4.69, 9.17) is 10.4 Å². The predicted molar refractivity (Wildman–Crippen MR) is 84.6 cm³/mol. The lowest BCUT2D eigenvalue weighted by molar-refractivity contribution is -0.133. The van der Waals surface area contributed by atoms with Crippen LogP contribution >= 0.6 is 0 Å². The highest BCUT2D eigenvalue weighted by atomic mass is 16.4. The average molecular weight is 329 g/mol. The first kappa shape index (κ1) is 16.3. The third-order valence-electron chi connectivity index (χ3n) is 4.84. The van der Waals surface area contributed by atoms with E-state index in [1.165, 1.54) is 12.1 Å². The van der Waals surface area contributed by atoms with Crippen molar-refractivity contribution in [1.29, 1.82) is 5.26 Å². The Morgan fingerprint density at radius 1 is 1.38 bits per heavy atom. The second-order valence-corrected chi connectivity index (χ2v) is 6.29. The number of nitrogens with one attached hydrogen (secondary N) is 1. The number of nitrogens with zero attached hydrogens (tertiary/aromatic N) is 2. The molecular formula is C17H19N3O4. The SMILES string of the molecule is N#C[C@@H]1CCCN1C(=O)[C@@H]1C[C@H](c2ccc(O)c(C(=O)O)c2)CN1. The van der Waals surface area contributed by atoms with Gasteiger partial charge in [0.2, 0.25) is 5.91 Å². The molecule has 2 aliphatic heterocycles. The lowest BCUT2D eigenvalue weighted by Crippen LogP contribution is -2.45. The largest absolute Gasteiger partial charge is 0.507 e. The minimum Gasteiger partial charge on any atom is -0.507 e. The van der Waals surface area contributed by atoms with Crippen LogP contribution in [0.4, 0.5) is 0 Å². The molecule has 0 unspecified atom stereocenters. The quantitative estimate of drug-likeness (QED) is 0.764. The van der Waals surface area contributed by atoms with Crippen LogP contribution < -0.4 is 5.32 Å². The highest BCUT2D eigenvalue weighted by Gasteiger charge is 2.37. The van der Waals surface area contributed by atoms with Gasteiger partial charge in [0.1, 0.15) is 17.4 Å². The lowest BCUT2D eigenvalue weighted by atomic mass is 9.94. The Morgan fingerprint density at radius 2 is 2.17 bits per heavy atom. The van der Waals surface area contributed by atoms with Crippen molar-refractivity contribution in [3.63, 3.8) is 0 Å². The van der Waals surface area contributed by atoms with Crippen molar-refractivity contribution >= 4 is 11.9 Å². The molecule has 0 aromatic heterocycles. The molecule has 0 spiro atoms. The van der Waals surface area contributed by atoms with Crippen LogP contribution in [-0.4, -0.2) is 52.2 Å². The highest BCUT2D eigenvalue weighted by Crippen LogP contribution is 2.31. The lowest BCUT2D eigenvalue weighted by Gasteiger charge is -2.23. The number of benzene rings is 1. The number of nitriles is 1. The van der Waals surface area contributed by atoms with Crippen molar-refractivity contribution in [2.24, 2.45) is 0 Å². The molecule has 2 heterocycles. The molecule has 3 atom stereocenters. The summed E-state index contributed by atoms with van der Waals surface area (Å²) in [6, 6.07) is 6.00. The number of hydrogen-bond donors (Lipinski definition) is 3. The van der Waals surface area contributed by atoms with Crippen LogP contribution in [0.5, 0.6) is 5.75 Å². The second-order valence-electron chi connectivity index (χ2n) is 6.29. The average Bonchev–Trinajstić information content (AvgIpc) is 3.23. The molecular weight excluding hydrogens is 310 g/mol. The molecule has 3 rings (SSSR count). The first-order valence-corrected chi connectivity index (χ1v) is 8.01. The Morgan fingerprint density at radius 3 is 2.88 bits per heavy atom. The Labute approximate surface area is 139 Å². The summed E-state index contributed by atoms with van der Waals surface area (Å²) in [7, 11) is 0. The zero-order valence-corrected chi connectivity index (χ0v) is 13.1. The van der Waals surface area contributed by atoms with Crippen LogP contribution in [0, 0.1) is 11.3 Å². The number of carboxylic acids is 1. The monoisotopic (exact) mass is 329 g/mol. The van der Waals surface area contributed by atoms with E-state index < -0.39 is 5.97 Å². The molecule has 3 N–H and O–H groups in total. The molecule has 0 bridgehead atoms. The van der Waals surface area contributed by atoms with E-state index in [9.17, 15) is 14.7 Å². The maximum Gasteiger partial charge on any atom is 0.339 e. The number of carbonyl (C=O) groups excluding carboxylic acids is 1. The van der Waals surface area contributed by atoms with Crippen LogP contribution in [0.25, 0.3) is 0 Å². The number of phenols is 1. The summed E-state index contributed by atoms with van der Waals surface area (Å²) in [5.41, 5.74) is 0.651. The highest BCUT2D eigenvalue weighted by molar-refractivity contribution is 5.91.